The summed E-state index contributed by atoms with van der Waals surface area (Å²) in [5, 5.41) is 5.49. The predicted octanol–water partition coefficient (Wildman–Crippen LogP) is 0.501. The van der Waals surface area contributed by atoms with Crippen molar-refractivity contribution in [2.45, 2.75) is 43.2 Å². The minimum absolute atomic E-state index is 0.00503. The van der Waals surface area contributed by atoms with Crippen LogP contribution in [0.4, 0.5) is 4.39 Å². The molecule has 1 spiro atoms. The van der Waals surface area contributed by atoms with Crippen LogP contribution in [0.3, 0.4) is 0 Å². The highest BCUT2D eigenvalue weighted by Crippen LogP contribution is 2.56. The third-order valence-electron chi connectivity index (χ3n) is 6.43. The van der Waals surface area contributed by atoms with Crippen molar-refractivity contribution >= 4 is 17.7 Å². The first-order chi connectivity index (χ1) is 14.0. The Labute approximate surface area is 167 Å². The summed E-state index contributed by atoms with van der Waals surface area (Å²) >= 11 is 0. The van der Waals surface area contributed by atoms with Crippen LogP contribution in [-0.4, -0.2) is 53.5 Å². The number of nitrogens with one attached hydrogen (secondary N) is 2. The molecule has 2 N–H and O–H groups in total. The molecule has 29 heavy (non-hydrogen) atoms. The van der Waals surface area contributed by atoms with Crippen molar-refractivity contribution < 1.29 is 23.5 Å². The summed E-state index contributed by atoms with van der Waals surface area (Å²) in [7, 11) is 1.54. The first-order valence-corrected chi connectivity index (χ1v) is 9.89. The zero-order valence-corrected chi connectivity index (χ0v) is 15.9. The van der Waals surface area contributed by atoms with Crippen molar-refractivity contribution in [2.75, 3.05) is 7.05 Å². The van der Waals surface area contributed by atoms with Gasteiger partial charge >= 0.3 is 0 Å². The van der Waals surface area contributed by atoms with Gasteiger partial charge in [-0.1, -0.05) is 24.3 Å². The van der Waals surface area contributed by atoms with Crippen molar-refractivity contribution in [1.82, 2.24) is 15.5 Å². The van der Waals surface area contributed by atoms with Crippen molar-refractivity contribution in [3.8, 4) is 0 Å². The number of nitrogens with zero attached hydrogens (tertiary/aromatic N) is 1. The maximum absolute atomic E-state index is 13.3. The maximum Gasteiger partial charge on any atom is 0.246 e. The third-order valence-corrected chi connectivity index (χ3v) is 6.43. The highest BCUT2D eigenvalue weighted by molar-refractivity contribution is 6.00. The van der Waals surface area contributed by atoms with Crippen LogP contribution in [0.25, 0.3) is 0 Å². The molecule has 1 aliphatic carbocycles. The van der Waals surface area contributed by atoms with Crippen LogP contribution >= 0.6 is 0 Å². The van der Waals surface area contributed by atoms with Crippen molar-refractivity contribution in [1.29, 1.82) is 0 Å². The molecular formula is C21H22FN3O4. The molecule has 1 aromatic rings. The van der Waals surface area contributed by atoms with Crippen molar-refractivity contribution in [3.63, 3.8) is 0 Å². The average molecular weight is 399 g/mol. The molecule has 2 saturated heterocycles. The van der Waals surface area contributed by atoms with Gasteiger partial charge in [0.2, 0.25) is 17.7 Å². The molecule has 3 heterocycles. The number of hydrogen-bond acceptors (Lipinski definition) is 4. The van der Waals surface area contributed by atoms with E-state index in [1.807, 2.05) is 0 Å². The summed E-state index contributed by atoms with van der Waals surface area (Å²) in [4.78, 5) is 40.7. The highest BCUT2D eigenvalue weighted by Gasteiger charge is 2.73. The van der Waals surface area contributed by atoms with E-state index in [9.17, 15) is 18.8 Å². The minimum atomic E-state index is -1.12. The van der Waals surface area contributed by atoms with Gasteiger partial charge in [-0.05, 0) is 30.5 Å². The van der Waals surface area contributed by atoms with E-state index in [1.165, 1.54) is 19.2 Å². The largest absolute Gasteiger partial charge is 0.359 e. The first kappa shape index (κ1) is 18.3. The fourth-order valence-electron chi connectivity index (χ4n) is 5.01. The molecule has 4 aliphatic rings. The third kappa shape index (κ3) is 2.62. The van der Waals surface area contributed by atoms with Crippen LogP contribution in [0.15, 0.2) is 36.4 Å². The molecule has 1 saturated carbocycles. The van der Waals surface area contributed by atoms with Gasteiger partial charge in [0.15, 0.2) is 0 Å². The number of benzene rings is 1. The zero-order valence-electron chi connectivity index (χ0n) is 15.9. The molecule has 3 amide bonds. The van der Waals surface area contributed by atoms with E-state index in [2.05, 4.69) is 10.6 Å². The number of carbonyl (C=O) groups excluding carboxylic acids is 3. The second-order valence-corrected chi connectivity index (χ2v) is 8.14. The average Bonchev–Trinajstić information content (AvgIpc) is 3.32. The van der Waals surface area contributed by atoms with E-state index in [4.69, 9.17) is 4.74 Å². The number of ether oxygens (including phenoxy) is 1. The molecule has 5 rings (SSSR count). The van der Waals surface area contributed by atoms with Gasteiger partial charge in [0.25, 0.3) is 0 Å². The standard InChI is InChI=1S/C21H22FN3O4/c1-23-18(26)15-14-8-9-21(29-14)16(15)20(28)25(13-6-7-13)17(21)19(27)24-10-11-2-4-12(22)5-3-11/h2-5,8-9,13-17H,6-7,10H2,1H3,(H,23,26)(H,24,27)/t14-,15+,16+,17-,21+/m1/s1. The molecule has 2 bridgehead atoms. The number of halogens is 1. The number of hydrogen-bond donors (Lipinski definition) is 2. The fraction of sp³-hybridized carbons (Fsp3) is 0.476. The Balaban J connectivity index is 1.44. The van der Waals surface area contributed by atoms with Crippen LogP contribution in [0.2, 0.25) is 0 Å². The van der Waals surface area contributed by atoms with Gasteiger partial charge in [-0.25, -0.2) is 4.39 Å². The number of rotatable bonds is 5. The Morgan fingerprint density at radius 2 is 1.97 bits per heavy atom. The van der Waals surface area contributed by atoms with Gasteiger partial charge in [-0.2, -0.15) is 0 Å². The van der Waals surface area contributed by atoms with Crippen molar-refractivity contribution in [3.05, 3.63) is 47.8 Å². The molecule has 7 nitrogen and oxygen atoms in total. The van der Waals surface area contributed by atoms with E-state index in [0.29, 0.717) is 0 Å². The Hall–Kier alpha value is -2.74. The Kier molecular flexibility index (Phi) is 4.03. The van der Waals surface area contributed by atoms with Crippen LogP contribution in [0, 0.1) is 17.7 Å². The molecule has 0 aromatic heterocycles. The van der Waals surface area contributed by atoms with E-state index >= 15 is 0 Å². The topological polar surface area (TPSA) is 87.7 Å². The number of amides is 3. The summed E-state index contributed by atoms with van der Waals surface area (Å²) in [6.45, 7) is 0.217. The second-order valence-electron chi connectivity index (χ2n) is 8.14. The predicted molar refractivity (Wildman–Crippen MR) is 99.7 cm³/mol. The summed E-state index contributed by atoms with van der Waals surface area (Å²) in [6.07, 6.45) is 4.77. The lowest BCUT2D eigenvalue weighted by Gasteiger charge is -2.32. The molecule has 3 aliphatic heterocycles. The summed E-state index contributed by atoms with van der Waals surface area (Å²) < 4.78 is 19.3. The Morgan fingerprint density at radius 1 is 1.24 bits per heavy atom. The fourth-order valence-corrected chi connectivity index (χ4v) is 5.01. The molecule has 152 valence electrons. The Morgan fingerprint density at radius 3 is 2.62 bits per heavy atom. The van der Waals surface area contributed by atoms with Gasteiger partial charge in [-0.15, -0.1) is 0 Å². The normalized spacial score (nSPS) is 34.4. The van der Waals surface area contributed by atoms with Crippen LogP contribution in [0.1, 0.15) is 18.4 Å². The lowest BCUT2D eigenvalue weighted by atomic mass is 9.74. The van der Waals surface area contributed by atoms with E-state index in [-0.39, 0.29) is 36.1 Å². The Bertz CT molecular complexity index is 913. The number of likely N-dealkylation sites (tertiary alicyclic amines) is 1. The molecule has 3 fully saturated rings. The minimum Gasteiger partial charge on any atom is -0.359 e. The molecule has 8 heteroatoms. The molecular weight excluding hydrogens is 377 g/mol. The van der Waals surface area contributed by atoms with Crippen molar-refractivity contribution in [2.24, 2.45) is 11.8 Å². The summed E-state index contributed by atoms with van der Waals surface area (Å²) in [5.74, 6) is -2.42. The summed E-state index contributed by atoms with van der Waals surface area (Å²) in [6, 6.07) is 5.08. The maximum atomic E-state index is 13.3. The lowest BCUT2D eigenvalue weighted by Crippen LogP contribution is -2.55. The molecule has 5 atom stereocenters. The molecule has 0 unspecified atom stereocenters. The van der Waals surface area contributed by atoms with E-state index in [1.54, 1.807) is 29.2 Å². The quantitative estimate of drug-likeness (QED) is 0.706. The van der Waals surface area contributed by atoms with Gasteiger partial charge in [0, 0.05) is 19.6 Å². The van der Waals surface area contributed by atoms with Crippen LogP contribution in [-0.2, 0) is 25.7 Å². The SMILES string of the molecule is CNC(=O)[C@@H]1[C@H]2C(=O)N(C3CC3)[C@H](C(=O)NCc3ccc(F)cc3)[C@]23C=C[C@H]1O3. The lowest BCUT2D eigenvalue weighted by molar-refractivity contribution is -0.142. The summed E-state index contributed by atoms with van der Waals surface area (Å²) in [5.41, 5.74) is -0.361. The van der Waals surface area contributed by atoms with Gasteiger partial charge in [0.05, 0.1) is 17.9 Å². The zero-order chi connectivity index (χ0) is 20.3. The second kappa shape index (κ2) is 6.38. The van der Waals surface area contributed by atoms with E-state index in [0.717, 1.165) is 18.4 Å². The van der Waals surface area contributed by atoms with E-state index < -0.39 is 29.6 Å². The first-order valence-electron chi connectivity index (χ1n) is 9.89. The molecule has 1 aromatic carbocycles. The monoisotopic (exact) mass is 399 g/mol. The highest BCUT2D eigenvalue weighted by atomic mass is 19.1. The van der Waals surface area contributed by atoms with Crippen LogP contribution < -0.4 is 10.6 Å². The number of fused-ring (bicyclic) bond motifs is 1. The van der Waals surface area contributed by atoms with Crippen LogP contribution in [0.5, 0.6) is 0 Å². The number of carbonyl (C=O) groups is 3. The van der Waals surface area contributed by atoms with Gasteiger partial charge in [-0.3, -0.25) is 14.4 Å². The van der Waals surface area contributed by atoms with Gasteiger partial charge in [0.1, 0.15) is 17.5 Å². The smallest absolute Gasteiger partial charge is 0.246 e. The molecule has 0 radical (unpaired) electrons. The van der Waals surface area contributed by atoms with Gasteiger partial charge < -0.3 is 20.3 Å².